The number of benzene rings is 2. The van der Waals surface area contributed by atoms with Gasteiger partial charge in [0.1, 0.15) is 10.1 Å². The van der Waals surface area contributed by atoms with Gasteiger partial charge in [0.25, 0.3) is 10.1 Å². The molecule has 0 spiro atoms. The average molecular weight is 592 g/mol. The summed E-state index contributed by atoms with van der Waals surface area (Å²) < 4.78 is 60.1. The van der Waals surface area contributed by atoms with Crippen LogP contribution >= 0.6 is 0 Å². The summed E-state index contributed by atoms with van der Waals surface area (Å²) >= 11 is 0. The molecule has 2 aromatic rings. The molecule has 0 bridgehead atoms. The first-order valence-electron chi connectivity index (χ1n) is 5.48. The van der Waals surface area contributed by atoms with Crippen molar-refractivity contribution in [3.8, 4) is 11.5 Å². The molecule has 0 aliphatic carbocycles. The minimum atomic E-state index is -4.41. The van der Waals surface area contributed by atoms with E-state index in [0.29, 0.717) is 0 Å². The van der Waals surface area contributed by atoms with E-state index >= 15 is 0 Å². The zero-order valence-corrected chi connectivity index (χ0v) is 24.6. The Morgan fingerprint density at radius 1 is 0.680 bits per heavy atom. The topological polar surface area (TPSA) is 158 Å². The maximum absolute atomic E-state index is 10.5. The molecule has 2 aromatic carbocycles. The molecular weight excluding hydrogens is 583 g/mol. The zero-order valence-electron chi connectivity index (χ0n) is 13.4. The van der Waals surface area contributed by atoms with Crippen LogP contribution in [-0.4, -0.2) is 25.9 Å². The molecule has 121 valence electrons. The molecule has 1 N–H and O–H groups in total. The number of hydrogen-bond acceptors (Lipinski definition) is 7. The molecule has 0 fully saturated rings. The summed E-state index contributed by atoms with van der Waals surface area (Å²) in [6.07, 6.45) is 0. The summed E-state index contributed by atoms with van der Waals surface area (Å²) in [7, 11) is -8.57. The fourth-order valence-corrected chi connectivity index (χ4v) is 2.17. The molecule has 0 amide bonds. The van der Waals surface area contributed by atoms with Crippen molar-refractivity contribution in [3.63, 3.8) is 0 Å². The third-order valence-electron chi connectivity index (χ3n) is 2.23. The van der Waals surface area contributed by atoms with Crippen LogP contribution in [0.15, 0.2) is 58.3 Å². The maximum Gasteiger partial charge on any atom is 1.00 e. The Hall–Kier alpha value is 0.795. The molecule has 0 saturated heterocycles. The van der Waals surface area contributed by atoms with Gasteiger partial charge in [-0.3, -0.25) is 4.55 Å². The first-order chi connectivity index (χ1) is 10.00. The van der Waals surface area contributed by atoms with E-state index in [-0.39, 0.29) is 108 Å². The van der Waals surface area contributed by atoms with E-state index in [1.165, 1.54) is 0 Å². The van der Waals surface area contributed by atoms with E-state index < -0.39 is 20.2 Å². The van der Waals surface area contributed by atoms with Crippen LogP contribution in [0.2, 0.25) is 0 Å². The second kappa shape index (κ2) is 13.1. The average Bonchev–Trinajstić information content (AvgIpc) is 2.38. The Bertz CT molecular complexity index is 764. The fourth-order valence-electron chi connectivity index (χ4n) is 1.22. The Balaban J connectivity index is -0.000000346. The van der Waals surface area contributed by atoms with Gasteiger partial charge in [-0.1, -0.05) is 24.3 Å². The second-order valence-corrected chi connectivity index (χ2v) is 6.67. The molecule has 0 heterocycles. The molecule has 2 rings (SSSR count). The molecule has 0 saturated carbocycles. The largest absolute Gasteiger partial charge is 1.00 e. The van der Waals surface area contributed by atoms with Crippen LogP contribution in [0.4, 0.5) is 0 Å². The Kier molecular flexibility index (Phi) is 15.9. The van der Waals surface area contributed by atoms with Crippen molar-refractivity contribution in [2.45, 2.75) is 9.79 Å². The minimum Gasteiger partial charge on any atom is -0.872 e. The van der Waals surface area contributed by atoms with Crippen molar-refractivity contribution in [1.29, 1.82) is 0 Å². The summed E-state index contributed by atoms with van der Waals surface area (Å²) in [6.45, 7) is 0. The first-order valence-corrected chi connectivity index (χ1v) is 8.32. The van der Waals surface area contributed by atoms with Crippen molar-refractivity contribution in [3.05, 3.63) is 48.5 Å². The SMILES string of the molecule is O=S(=O)(O)c1ccc([O-])cc1.O=S(=O)([O-])c1ccc([O-])cc1.[Hg+].[Na+].[Na+]. The van der Waals surface area contributed by atoms with Crippen molar-refractivity contribution in [2.24, 2.45) is 0 Å². The smallest absolute Gasteiger partial charge is 0.872 e. The van der Waals surface area contributed by atoms with E-state index in [0.717, 1.165) is 48.5 Å². The van der Waals surface area contributed by atoms with Crippen LogP contribution in [0.25, 0.3) is 0 Å². The van der Waals surface area contributed by atoms with Gasteiger partial charge in [0.05, 0.1) is 9.79 Å². The Morgan fingerprint density at radius 2 is 0.960 bits per heavy atom. The van der Waals surface area contributed by atoms with Gasteiger partial charge in [-0.05, 0) is 24.3 Å². The molecule has 0 aromatic heterocycles. The van der Waals surface area contributed by atoms with Gasteiger partial charge in [-0.15, -0.1) is 11.5 Å². The molecule has 1 radical (unpaired) electrons. The van der Waals surface area contributed by atoms with Gasteiger partial charge in [0.2, 0.25) is 0 Å². The third kappa shape index (κ3) is 12.0. The van der Waals surface area contributed by atoms with Crippen LogP contribution in [0.5, 0.6) is 11.5 Å². The molecule has 8 nitrogen and oxygen atoms in total. The van der Waals surface area contributed by atoms with E-state index in [9.17, 15) is 31.6 Å². The number of hydrogen-bond donors (Lipinski definition) is 1. The standard InChI is InChI=1S/2C6H6O4S.Hg.2Na/c2*7-5-1-3-6(4-2-5)11(8,9)10;;;/h2*1-4,7H,(H,8,9,10);;;/q;;3*+1/p-3. The maximum atomic E-state index is 10.5. The summed E-state index contributed by atoms with van der Waals surface area (Å²) in [6, 6.07) is 8.30. The van der Waals surface area contributed by atoms with Crippen molar-refractivity contribution in [1.82, 2.24) is 0 Å². The van der Waals surface area contributed by atoms with Gasteiger partial charge in [-0.25, -0.2) is 8.42 Å². The van der Waals surface area contributed by atoms with Crippen molar-refractivity contribution >= 4 is 20.2 Å². The second-order valence-electron chi connectivity index (χ2n) is 3.87. The van der Waals surface area contributed by atoms with E-state index in [1.807, 2.05) is 0 Å². The van der Waals surface area contributed by atoms with Crippen molar-refractivity contribution in [2.75, 3.05) is 0 Å². The van der Waals surface area contributed by atoms with Gasteiger partial charge >= 0.3 is 86.8 Å². The van der Waals surface area contributed by atoms with Gasteiger partial charge in [-0.2, -0.15) is 8.42 Å². The Labute approximate surface area is 210 Å². The molecule has 13 heteroatoms. The van der Waals surface area contributed by atoms with E-state index in [4.69, 9.17) is 4.55 Å². The predicted molar refractivity (Wildman–Crippen MR) is 69.6 cm³/mol. The Morgan fingerprint density at radius 3 is 1.20 bits per heavy atom. The molecule has 0 unspecified atom stereocenters. The fraction of sp³-hybridized carbons (Fsp3) is 0. The van der Waals surface area contributed by atoms with Crippen LogP contribution in [0.3, 0.4) is 0 Å². The summed E-state index contributed by atoms with van der Waals surface area (Å²) in [5.74, 6) is -0.616. The van der Waals surface area contributed by atoms with Crippen LogP contribution in [0, 0.1) is 0 Å². The van der Waals surface area contributed by atoms with E-state index in [1.54, 1.807) is 0 Å². The first kappa shape index (κ1) is 30.5. The summed E-state index contributed by atoms with van der Waals surface area (Å²) in [4.78, 5) is -0.644. The third-order valence-corrected chi connectivity index (χ3v) is 3.95. The van der Waals surface area contributed by atoms with Gasteiger partial charge < -0.3 is 14.8 Å². The molecule has 0 atom stereocenters. The zero-order chi connectivity index (χ0) is 17.0. The minimum absolute atomic E-state index is 0. The number of rotatable bonds is 2. The van der Waals surface area contributed by atoms with Crippen LogP contribution < -0.4 is 69.3 Å². The molecular formula is C12H9HgNa2O8S2. The molecule has 25 heavy (non-hydrogen) atoms. The van der Waals surface area contributed by atoms with Crippen LogP contribution in [0.1, 0.15) is 0 Å². The van der Waals surface area contributed by atoms with Crippen molar-refractivity contribution < 1.29 is 123 Å². The predicted octanol–water partition coefficient (Wildman–Crippen LogP) is -6.32. The molecule has 0 aliphatic rings. The van der Waals surface area contributed by atoms with Gasteiger partial charge in [0, 0.05) is 0 Å². The summed E-state index contributed by atoms with van der Waals surface area (Å²) in [5, 5.41) is 20.9. The van der Waals surface area contributed by atoms with Crippen LogP contribution in [-0.2, 0) is 47.9 Å². The summed E-state index contributed by atoms with van der Waals surface area (Å²) in [5.41, 5.74) is 0. The van der Waals surface area contributed by atoms with E-state index in [2.05, 4.69) is 0 Å². The quantitative estimate of drug-likeness (QED) is 0.267. The molecule has 0 aliphatic heterocycles. The monoisotopic (exact) mass is 593 g/mol. The normalized spacial score (nSPS) is 10.0. The van der Waals surface area contributed by atoms with Gasteiger partial charge in [0.15, 0.2) is 0 Å².